The van der Waals surface area contributed by atoms with Crippen LogP contribution in [0.5, 0.6) is 5.75 Å². The van der Waals surface area contributed by atoms with Crippen molar-refractivity contribution in [3.8, 4) is 5.75 Å². The molecule has 21 heavy (non-hydrogen) atoms. The number of likely N-dealkylation sites (tertiary alicyclic amines) is 1. The number of carbonyl (C=O) groups is 1. The van der Waals surface area contributed by atoms with Gasteiger partial charge in [0.1, 0.15) is 5.75 Å². The molecule has 2 fully saturated rings. The van der Waals surface area contributed by atoms with Gasteiger partial charge in [0.15, 0.2) is 0 Å². The molecule has 2 aliphatic rings. The summed E-state index contributed by atoms with van der Waals surface area (Å²) in [6.45, 7) is 6.49. The summed E-state index contributed by atoms with van der Waals surface area (Å²) in [4.78, 5) is 14.7. The lowest BCUT2D eigenvalue weighted by Crippen LogP contribution is -2.44. The zero-order chi connectivity index (χ0) is 14.7. The summed E-state index contributed by atoms with van der Waals surface area (Å²) in [5.41, 5.74) is 1.13. The lowest BCUT2D eigenvalue weighted by Gasteiger charge is -2.39. The van der Waals surface area contributed by atoms with Gasteiger partial charge in [0.25, 0.3) is 5.91 Å². The van der Waals surface area contributed by atoms with Crippen molar-refractivity contribution in [3.05, 3.63) is 29.8 Å². The second-order valence-electron chi connectivity index (χ2n) is 6.15. The predicted molar refractivity (Wildman–Crippen MR) is 82.7 cm³/mol. The molecule has 0 unspecified atom stereocenters. The number of benzene rings is 1. The molecule has 0 saturated carbocycles. The molecule has 0 atom stereocenters. The standard InChI is InChI=1S/C17H24N2O2/c1-2-21-15-6-4-3-5-14(15)16(20)19-11-8-17(9-12-19)7-10-18-13-17/h3-6,18H,2,7-13H2,1H3. The van der Waals surface area contributed by atoms with Crippen LogP contribution in [0.2, 0.25) is 0 Å². The maximum atomic E-state index is 12.7. The average molecular weight is 288 g/mol. The minimum absolute atomic E-state index is 0.111. The lowest BCUT2D eigenvalue weighted by molar-refractivity contribution is 0.0604. The number of hydrogen-bond acceptors (Lipinski definition) is 3. The van der Waals surface area contributed by atoms with Crippen LogP contribution in [-0.4, -0.2) is 43.6 Å². The number of carbonyl (C=O) groups excluding carboxylic acids is 1. The SMILES string of the molecule is CCOc1ccccc1C(=O)N1CCC2(CCNC2)CC1. The molecule has 0 radical (unpaired) electrons. The second kappa shape index (κ2) is 6.06. The quantitative estimate of drug-likeness (QED) is 0.928. The van der Waals surface area contributed by atoms with Gasteiger partial charge in [-0.3, -0.25) is 4.79 Å². The van der Waals surface area contributed by atoms with E-state index in [2.05, 4.69) is 5.32 Å². The summed E-state index contributed by atoms with van der Waals surface area (Å²) in [6, 6.07) is 7.57. The van der Waals surface area contributed by atoms with Gasteiger partial charge in [0.2, 0.25) is 0 Å². The van der Waals surface area contributed by atoms with E-state index in [1.54, 1.807) is 0 Å². The van der Waals surface area contributed by atoms with Gasteiger partial charge in [0, 0.05) is 19.6 Å². The molecule has 4 nitrogen and oxygen atoms in total. The zero-order valence-corrected chi connectivity index (χ0v) is 12.7. The lowest BCUT2D eigenvalue weighted by atomic mass is 9.78. The summed E-state index contributed by atoms with van der Waals surface area (Å²) in [5.74, 6) is 0.813. The summed E-state index contributed by atoms with van der Waals surface area (Å²) in [6.07, 6.45) is 3.48. The number of para-hydroxylation sites is 1. The Morgan fingerprint density at radius 2 is 2.05 bits per heavy atom. The first-order valence-electron chi connectivity index (χ1n) is 7.96. The highest BCUT2D eigenvalue weighted by atomic mass is 16.5. The number of ether oxygens (including phenoxy) is 1. The molecule has 1 aromatic rings. The fourth-order valence-corrected chi connectivity index (χ4v) is 3.50. The van der Waals surface area contributed by atoms with E-state index >= 15 is 0 Å². The Hall–Kier alpha value is -1.55. The van der Waals surface area contributed by atoms with Crippen molar-refractivity contribution < 1.29 is 9.53 Å². The van der Waals surface area contributed by atoms with Crippen LogP contribution in [0.25, 0.3) is 0 Å². The molecule has 0 aliphatic carbocycles. The van der Waals surface area contributed by atoms with Crippen molar-refractivity contribution in [1.82, 2.24) is 10.2 Å². The Morgan fingerprint density at radius 3 is 2.71 bits per heavy atom. The van der Waals surface area contributed by atoms with Gasteiger partial charge in [-0.1, -0.05) is 12.1 Å². The molecule has 1 N–H and O–H groups in total. The van der Waals surface area contributed by atoms with Gasteiger partial charge in [-0.2, -0.15) is 0 Å². The maximum Gasteiger partial charge on any atom is 0.257 e. The Kier molecular flexibility index (Phi) is 4.15. The van der Waals surface area contributed by atoms with Crippen molar-refractivity contribution in [2.45, 2.75) is 26.2 Å². The Labute approximate surface area is 126 Å². The van der Waals surface area contributed by atoms with E-state index < -0.39 is 0 Å². The molecule has 0 aromatic heterocycles. The number of nitrogens with zero attached hydrogens (tertiary/aromatic N) is 1. The van der Waals surface area contributed by atoms with Crippen LogP contribution < -0.4 is 10.1 Å². The highest BCUT2D eigenvalue weighted by Gasteiger charge is 2.38. The molecule has 1 spiro atoms. The van der Waals surface area contributed by atoms with E-state index in [1.165, 1.54) is 6.42 Å². The summed E-state index contributed by atoms with van der Waals surface area (Å²) >= 11 is 0. The molecular formula is C17H24N2O2. The van der Waals surface area contributed by atoms with Gasteiger partial charge in [-0.25, -0.2) is 0 Å². The van der Waals surface area contributed by atoms with E-state index in [1.807, 2.05) is 36.1 Å². The molecule has 2 aliphatic heterocycles. The van der Waals surface area contributed by atoms with E-state index in [-0.39, 0.29) is 5.91 Å². The Bertz CT molecular complexity index is 499. The maximum absolute atomic E-state index is 12.7. The van der Waals surface area contributed by atoms with Crippen molar-refractivity contribution in [2.75, 3.05) is 32.8 Å². The highest BCUT2D eigenvalue weighted by Crippen LogP contribution is 2.37. The number of hydrogen-bond donors (Lipinski definition) is 1. The molecule has 1 aromatic carbocycles. The van der Waals surface area contributed by atoms with Gasteiger partial charge in [-0.05, 0) is 50.3 Å². The van der Waals surface area contributed by atoms with Crippen LogP contribution in [0.15, 0.2) is 24.3 Å². The fraction of sp³-hybridized carbons (Fsp3) is 0.588. The van der Waals surface area contributed by atoms with Crippen LogP contribution in [0.3, 0.4) is 0 Å². The molecule has 4 heteroatoms. The Balaban J connectivity index is 1.69. The second-order valence-corrected chi connectivity index (χ2v) is 6.15. The molecule has 0 bridgehead atoms. The smallest absolute Gasteiger partial charge is 0.257 e. The molecule has 3 rings (SSSR count). The van der Waals surface area contributed by atoms with Crippen molar-refractivity contribution >= 4 is 5.91 Å². The van der Waals surface area contributed by atoms with Crippen LogP contribution >= 0.6 is 0 Å². The average Bonchev–Trinajstić information content (AvgIpc) is 2.97. The van der Waals surface area contributed by atoms with E-state index in [4.69, 9.17) is 4.74 Å². The van der Waals surface area contributed by atoms with Crippen molar-refractivity contribution in [3.63, 3.8) is 0 Å². The van der Waals surface area contributed by atoms with Crippen LogP contribution in [-0.2, 0) is 0 Å². The number of amides is 1. The van der Waals surface area contributed by atoms with Gasteiger partial charge < -0.3 is 15.0 Å². The van der Waals surface area contributed by atoms with Crippen molar-refractivity contribution in [2.24, 2.45) is 5.41 Å². The molecule has 2 heterocycles. The first-order valence-corrected chi connectivity index (χ1v) is 7.96. The van der Waals surface area contributed by atoms with Crippen LogP contribution in [0, 0.1) is 5.41 Å². The van der Waals surface area contributed by atoms with Gasteiger partial charge in [0.05, 0.1) is 12.2 Å². The minimum atomic E-state index is 0.111. The zero-order valence-electron chi connectivity index (χ0n) is 12.7. The monoisotopic (exact) mass is 288 g/mol. The van der Waals surface area contributed by atoms with Crippen LogP contribution in [0.4, 0.5) is 0 Å². The predicted octanol–water partition coefficient (Wildman–Crippen LogP) is 2.30. The van der Waals surface area contributed by atoms with E-state index in [9.17, 15) is 4.79 Å². The summed E-state index contributed by atoms with van der Waals surface area (Å²) in [7, 11) is 0. The summed E-state index contributed by atoms with van der Waals surface area (Å²) in [5, 5.41) is 3.46. The molecular weight excluding hydrogens is 264 g/mol. The number of rotatable bonds is 3. The van der Waals surface area contributed by atoms with E-state index in [0.717, 1.165) is 39.0 Å². The first-order chi connectivity index (χ1) is 10.2. The van der Waals surface area contributed by atoms with Crippen LogP contribution in [0.1, 0.15) is 36.5 Å². The Morgan fingerprint density at radius 1 is 1.29 bits per heavy atom. The molecule has 114 valence electrons. The highest BCUT2D eigenvalue weighted by molar-refractivity contribution is 5.97. The fourth-order valence-electron chi connectivity index (χ4n) is 3.50. The van der Waals surface area contributed by atoms with Gasteiger partial charge in [-0.15, -0.1) is 0 Å². The van der Waals surface area contributed by atoms with Gasteiger partial charge >= 0.3 is 0 Å². The topological polar surface area (TPSA) is 41.6 Å². The number of nitrogens with one attached hydrogen (secondary N) is 1. The minimum Gasteiger partial charge on any atom is -0.493 e. The first kappa shape index (κ1) is 14.4. The molecule has 1 amide bonds. The van der Waals surface area contributed by atoms with Crippen molar-refractivity contribution in [1.29, 1.82) is 0 Å². The normalized spacial score (nSPS) is 20.7. The third-order valence-electron chi connectivity index (χ3n) is 4.86. The third kappa shape index (κ3) is 2.91. The number of piperidine rings is 1. The largest absolute Gasteiger partial charge is 0.493 e. The summed E-state index contributed by atoms with van der Waals surface area (Å²) < 4.78 is 5.58. The third-order valence-corrected chi connectivity index (χ3v) is 4.86. The van der Waals surface area contributed by atoms with E-state index in [0.29, 0.717) is 23.3 Å². The molecule has 2 saturated heterocycles.